The maximum Gasteiger partial charge on any atom is 0.275 e. The molecule has 0 saturated heterocycles. The molecule has 0 aliphatic rings. The monoisotopic (exact) mass is 498 g/mol. The molecule has 0 heterocycles. The van der Waals surface area contributed by atoms with Crippen LogP contribution in [0.2, 0.25) is 0 Å². The molecule has 32 heavy (non-hydrogen) atoms. The van der Waals surface area contributed by atoms with Gasteiger partial charge in [0.1, 0.15) is 29.6 Å². The van der Waals surface area contributed by atoms with Gasteiger partial charge < -0.3 is 18.9 Å². The van der Waals surface area contributed by atoms with Gasteiger partial charge in [0.25, 0.3) is 5.91 Å². The predicted octanol–water partition coefficient (Wildman–Crippen LogP) is 4.82. The predicted molar refractivity (Wildman–Crippen MR) is 126 cm³/mol. The van der Waals surface area contributed by atoms with Gasteiger partial charge >= 0.3 is 0 Å². The number of ether oxygens (including phenoxy) is 4. The summed E-state index contributed by atoms with van der Waals surface area (Å²) in [5, 5.41) is 4.06. The molecule has 0 radical (unpaired) electrons. The second kappa shape index (κ2) is 11.2. The molecule has 0 atom stereocenters. The molecule has 8 heteroatoms. The number of benzene rings is 3. The SMILES string of the molecule is COc1ccc(C(=O)NN=Cc2ccc(OC)c(COc3ccccc3Br)c2)c(OC)c1. The third-order valence-electron chi connectivity index (χ3n) is 4.56. The van der Waals surface area contributed by atoms with E-state index in [0.717, 1.165) is 21.3 Å². The number of hydrogen-bond donors (Lipinski definition) is 1. The van der Waals surface area contributed by atoms with Crippen LogP contribution in [0.4, 0.5) is 0 Å². The van der Waals surface area contributed by atoms with Crippen LogP contribution in [-0.2, 0) is 6.61 Å². The molecule has 0 aromatic heterocycles. The largest absolute Gasteiger partial charge is 0.497 e. The second-order valence-electron chi connectivity index (χ2n) is 6.56. The minimum absolute atomic E-state index is 0.308. The molecule has 0 saturated carbocycles. The van der Waals surface area contributed by atoms with Crippen molar-refractivity contribution in [2.24, 2.45) is 5.10 Å². The summed E-state index contributed by atoms with van der Waals surface area (Å²) < 4.78 is 22.6. The number of halogens is 1. The van der Waals surface area contributed by atoms with Gasteiger partial charge in [-0.3, -0.25) is 4.79 Å². The first-order valence-corrected chi connectivity index (χ1v) is 10.4. The zero-order chi connectivity index (χ0) is 22.9. The Hall–Kier alpha value is -3.52. The van der Waals surface area contributed by atoms with E-state index in [2.05, 4.69) is 26.5 Å². The zero-order valence-corrected chi connectivity index (χ0v) is 19.5. The van der Waals surface area contributed by atoms with Crippen LogP contribution in [0.1, 0.15) is 21.5 Å². The van der Waals surface area contributed by atoms with Crippen molar-refractivity contribution in [1.82, 2.24) is 5.43 Å². The number of methoxy groups -OCH3 is 3. The number of hydrazone groups is 1. The Labute approximate surface area is 195 Å². The number of carbonyl (C=O) groups excluding carboxylic acids is 1. The number of nitrogens with one attached hydrogen (secondary N) is 1. The number of carbonyl (C=O) groups is 1. The Bertz CT molecular complexity index is 1120. The summed E-state index contributed by atoms with van der Waals surface area (Å²) in [5.74, 6) is 2.02. The van der Waals surface area contributed by atoms with E-state index >= 15 is 0 Å². The summed E-state index contributed by atoms with van der Waals surface area (Å²) in [6.45, 7) is 0.308. The minimum Gasteiger partial charge on any atom is -0.497 e. The average Bonchev–Trinajstić information content (AvgIpc) is 2.83. The van der Waals surface area contributed by atoms with Crippen LogP contribution in [-0.4, -0.2) is 33.5 Å². The van der Waals surface area contributed by atoms with Gasteiger partial charge in [0.15, 0.2) is 0 Å². The number of nitrogens with zero attached hydrogens (tertiary/aromatic N) is 1. The summed E-state index contributed by atoms with van der Waals surface area (Å²) in [5.41, 5.74) is 4.48. The zero-order valence-electron chi connectivity index (χ0n) is 17.9. The quantitative estimate of drug-likeness (QED) is 0.338. The number of hydrogen-bond acceptors (Lipinski definition) is 6. The second-order valence-corrected chi connectivity index (χ2v) is 7.41. The Morgan fingerprint density at radius 1 is 0.938 bits per heavy atom. The van der Waals surface area contributed by atoms with Crippen LogP contribution < -0.4 is 24.4 Å². The molecule has 7 nitrogen and oxygen atoms in total. The summed E-state index contributed by atoms with van der Waals surface area (Å²) in [6.07, 6.45) is 1.55. The van der Waals surface area contributed by atoms with Crippen LogP contribution in [0.5, 0.6) is 23.0 Å². The molecule has 1 amide bonds. The Morgan fingerprint density at radius 3 is 2.44 bits per heavy atom. The molecule has 0 aliphatic heterocycles. The van der Waals surface area contributed by atoms with Crippen molar-refractivity contribution in [3.05, 3.63) is 81.8 Å². The lowest BCUT2D eigenvalue weighted by atomic mass is 10.1. The van der Waals surface area contributed by atoms with E-state index in [1.54, 1.807) is 38.6 Å². The normalized spacial score (nSPS) is 10.6. The highest BCUT2D eigenvalue weighted by atomic mass is 79.9. The van der Waals surface area contributed by atoms with Gasteiger partial charge in [-0.15, -0.1) is 0 Å². The molecule has 1 N–H and O–H groups in total. The molecule has 166 valence electrons. The topological polar surface area (TPSA) is 78.4 Å². The lowest BCUT2D eigenvalue weighted by Crippen LogP contribution is -2.18. The molecular formula is C24H23BrN2O5. The number of amides is 1. The van der Waals surface area contributed by atoms with Crippen LogP contribution in [0.15, 0.2) is 70.2 Å². The van der Waals surface area contributed by atoms with Crippen LogP contribution in [0, 0.1) is 0 Å². The molecule has 3 aromatic carbocycles. The van der Waals surface area contributed by atoms with Crippen molar-refractivity contribution >= 4 is 28.1 Å². The van der Waals surface area contributed by atoms with Crippen LogP contribution in [0.3, 0.4) is 0 Å². The Balaban J connectivity index is 1.70. The van der Waals surface area contributed by atoms with Crippen molar-refractivity contribution in [2.75, 3.05) is 21.3 Å². The fraction of sp³-hybridized carbons (Fsp3) is 0.167. The van der Waals surface area contributed by atoms with Gasteiger partial charge in [0.05, 0.1) is 37.6 Å². The van der Waals surface area contributed by atoms with Gasteiger partial charge in [-0.2, -0.15) is 5.10 Å². The first-order chi connectivity index (χ1) is 15.5. The van der Waals surface area contributed by atoms with Crippen molar-refractivity contribution in [2.45, 2.75) is 6.61 Å². The van der Waals surface area contributed by atoms with E-state index in [9.17, 15) is 4.79 Å². The van der Waals surface area contributed by atoms with Crippen LogP contribution in [0.25, 0.3) is 0 Å². The summed E-state index contributed by atoms with van der Waals surface area (Å²) in [4.78, 5) is 12.5. The first kappa shape index (κ1) is 23.1. The van der Waals surface area contributed by atoms with Crippen LogP contribution >= 0.6 is 15.9 Å². The first-order valence-electron chi connectivity index (χ1n) is 9.65. The molecule has 0 aliphatic carbocycles. The molecule has 0 bridgehead atoms. The highest BCUT2D eigenvalue weighted by Crippen LogP contribution is 2.27. The standard InChI is InChI=1S/C24H23BrN2O5/c1-29-18-9-10-19(23(13-18)31-3)24(28)27-26-14-16-8-11-21(30-2)17(12-16)15-32-22-7-5-4-6-20(22)25/h4-14H,15H2,1-3H3,(H,27,28). The lowest BCUT2D eigenvalue weighted by Gasteiger charge is -2.12. The van der Waals surface area contributed by atoms with Gasteiger partial charge in [-0.1, -0.05) is 12.1 Å². The summed E-state index contributed by atoms with van der Waals surface area (Å²) in [6, 6.07) is 18.1. The van der Waals surface area contributed by atoms with Gasteiger partial charge in [0.2, 0.25) is 0 Å². The summed E-state index contributed by atoms with van der Waals surface area (Å²) >= 11 is 3.47. The Kier molecular flexibility index (Phi) is 8.10. The molecule has 3 aromatic rings. The fourth-order valence-electron chi connectivity index (χ4n) is 2.92. The van der Waals surface area contributed by atoms with E-state index in [1.165, 1.54) is 7.11 Å². The van der Waals surface area contributed by atoms with E-state index < -0.39 is 5.91 Å². The van der Waals surface area contributed by atoms with E-state index in [-0.39, 0.29) is 0 Å². The van der Waals surface area contributed by atoms with Crippen molar-refractivity contribution < 1.29 is 23.7 Å². The van der Waals surface area contributed by atoms with E-state index in [1.807, 2.05) is 42.5 Å². The third-order valence-corrected chi connectivity index (χ3v) is 5.21. The molecule has 3 rings (SSSR count). The molecular weight excluding hydrogens is 476 g/mol. The van der Waals surface area contributed by atoms with Gasteiger partial charge in [0, 0.05) is 11.6 Å². The van der Waals surface area contributed by atoms with Gasteiger partial charge in [-0.25, -0.2) is 5.43 Å². The van der Waals surface area contributed by atoms with E-state index in [0.29, 0.717) is 29.4 Å². The fourth-order valence-corrected chi connectivity index (χ4v) is 3.32. The minimum atomic E-state index is -0.397. The lowest BCUT2D eigenvalue weighted by molar-refractivity contribution is 0.0952. The molecule has 0 unspecified atom stereocenters. The highest BCUT2D eigenvalue weighted by Gasteiger charge is 2.13. The number of rotatable bonds is 9. The van der Waals surface area contributed by atoms with Gasteiger partial charge in [-0.05, 0) is 64.0 Å². The van der Waals surface area contributed by atoms with E-state index in [4.69, 9.17) is 18.9 Å². The van der Waals surface area contributed by atoms with Crippen molar-refractivity contribution in [1.29, 1.82) is 0 Å². The average molecular weight is 499 g/mol. The third kappa shape index (κ3) is 5.79. The highest BCUT2D eigenvalue weighted by molar-refractivity contribution is 9.10. The molecule has 0 spiro atoms. The summed E-state index contributed by atoms with van der Waals surface area (Å²) in [7, 11) is 4.64. The maximum absolute atomic E-state index is 12.5. The smallest absolute Gasteiger partial charge is 0.275 e. The number of para-hydroxylation sites is 1. The van der Waals surface area contributed by atoms with Crippen molar-refractivity contribution in [3.8, 4) is 23.0 Å². The Morgan fingerprint density at radius 2 is 1.72 bits per heavy atom. The molecule has 0 fully saturated rings. The van der Waals surface area contributed by atoms with Crippen molar-refractivity contribution in [3.63, 3.8) is 0 Å². The maximum atomic E-state index is 12.5.